The highest BCUT2D eigenvalue weighted by molar-refractivity contribution is 9.10. The molecule has 5 heteroatoms. The number of carbonyl (C=O) groups is 1. The van der Waals surface area contributed by atoms with Crippen LogP contribution in [0, 0.1) is 0 Å². The minimum atomic E-state index is -0.575. The highest BCUT2D eigenvalue weighted by Crippen LogP contribution is 2.37. The Morgan fingerprint density at radius 1 is 1.35 bits per heavy atom. The van der Waals surface area contributed by atoms with Crippen molar-refractivity contribution in [1.29, 1.82) is 0 Å². The van der Waals surface area contributed by atoms with Crippen LogP contribution in [0.1, 0.15) is 36.2 Å². The molecule has 0 spiro atoms. The van der Waals surface area contributed by atoms with E-state index in [0.717, 1.165) is 12.5 Å². The van der Waals surface area contributed by atoms with Crippen LogP contribution in [0.2, 0.25) is 0 Å². The quantitative estimate of drug-likeness (QED) is 0.839. The van der Waals surface area contributed by atoms with Gasteiger partial charge in [-0.05, 0) is 34.8 Å². The van der Waals surface area contributed by atoms with E-state index < -0.39 is 5.97 Å². The van der Waals surface area contributed by atoms with Crippen molar-refractivity contribution < 1.29 is 19.7 Å². The van der Waals surface area contributed by atoms with Gasteiger partial charge in [0.15, 0.2) is 0 Å². The maximum absolute atomic E-state index is 11.7. The second-order valence-corrected chi connectivity index (χ2v) is 4.35. The molecule has 0 aliphatic rings. The van der Waals surface area contributed by atoms with E-state index in [2.05, 4.69) is 15.9 Å². The van der Waals surface area contributed by atoms with Crippen molar-refractivity contribution >= 4 is 21.9 Å². The van der Waals surface area contributed by atoms with E-state index >= 15 is 0 Å². The lowest BCUT2D eigenvalue weighted by molar-refractivity contribution is 0.0521. The number of halogens is 1. The summed E-state index contributed by atoms with van der Waals surface area (Å²) in [6.45, 7) is 3.88. The molecule has 0 heterocycles. The fourth-order valence-corrected chi connectivity index (χ4v) is 2.11. The highest BCUT2D eigenvalue weighted by atomic mass is 79.9. The summed E-state index contributed by atoms with van der Waals surface area (Å²) in [5.41, 5.74) is 0.696. The van der Waals surface area contributed by atoms with Crippen molar-refractivity contribution in [3.8, 4) is 11.5 Å². The number of phenolic OH excluding ortho intramolecular Hbond substituents is 2. The maximum atomic E-state index is 11.7. The van der Waals surface area contributed by atoms with Gasteiger partial charge in [-0.1, -0.05) is 13.3 Å². The zero-order valence-corrected chi connectivity index (χ0v) is 11.4. The van der Waals surface area contributed by atoms with Crippen LogP contribution in [0.4, 0.5) is 0 Å². The van der Waals surface area contributed by atoms with Crippen LogP contribution in [0.3, 0.4) is 0 Å². The second-order valence-electron chi connectivity index (χ2n) is 3.55. The number of hydrogen-bond donors (Lipinski definition) is 2. The first-order valence-corrected chi connectivity index (χ1v) is 6.22. The topological polar surface area (TPSA) is 66.8 Å². The molecule has 0 saturated carbocycles. The predicted molar refractivity (Wildman–Crippen MR) is 67.4 cm³/mol. The smallest absolute Gasteiger partial charge is 0.342 e. The number of phenols is 2. The van der Waals surface area contributed by atoms with Crippen LogP contribution in [-0.4, -0.2) is 22.8 Å². The van der Waals surface area contributed by atoms with E-state index in [1.165, 1.54) is 0 Å². The Labute approximate surface area is 108 Å². The summed E-state index contributed by atoms with van der Waals surface area (Å²) in [6.07, 6.45) is 1.35. The summed E-state index contributed by atoms with van der Waals surface area (Å²) in [7, 11) is 0. The van der Waals surface area contributed by atoms with Crippen LogP contribution in [0.15, 0.2) is 10.5 Å². The van der Waals surface area contributed by atoms with Gasteiger partial charge in [-0.15, -0.1) is 0 Å². The summed E-state index contributed by atoms with van der Waals surface area (Å²) in [6, 6.07) is 1.13. The number of benzene rings is 1. The number of hydrogen-bond acceptors (Lipinski definition) is 4. The molecular formula is C12H15BrO4. The minimum absolute atomic E-state index is 0.0843. The monoisotopic (exact) mass is 302 g/mol. The standard InChI is InChI=1S/C12H15BrO4/c1-3-5-7-10(12(16)17-4-2)8(14)6-9(15)11(7)13/h6,14-15H,3-5H2,1-2H3. The average molecular weight is 303 g/mol. The molecule has 1 aromatic rings. The third-order valence-electron chi connectivity index (χ3n) is 2.30. The Morgan fingerprint density at radius 3 is 2.53 bits per heavy atom. The molecule has 0 fully saturated rings. The molecule has 94 valence electrons. The summed E-state index contributed by atoms with van der Waals surface area (Å²) < 4.78 is 5.32. The van der Waals surface area contributed by atoms with Crippen LogP contribution >= 0.6 is 15.9 Å². The van der Waals surface area contributed by atoms with Crippen molar-refractivity contribution in [2.75, 3.05) is 6.61 Å². The lowest BCUT2D eigenvalue weighted by Gasteiger charge is -2.13. The SMILES string of the molecule is CCCc1c(Br)c(O)cc(O)c1C(=O)OCC. The molecule has 0 atom stereocenters. The van der Waals surface area contributed by atoms with E-state index in [1.54, 1.807) is 6.92 Å². The fourth-order valence-electron chi connectivity index (χ4n) is 1.60. The first-order valence-electron chi connectivity index (χ1n) is 5.43. The normalized spacial score (nSPS) is 10.3. The second kappa shape index (κ2) is 5.91. The summed E-state index contributed by atoms with van der Waals surface area (Å²) in [5, 5.41) is 19.3. The Bertz CT molecular complexity index is 429. The third kappa shape index (κ3) is 2.91. The molecule has 0 aliphatic carbocycles. The first kappa shape index (κ1) is 13.8. The van der Waals surface area contributed by atoms with Crippen molar-refractivity contribution in [3.05, 3.63) is 21.7 Å². The zero-order valence-electron chi connectivity index (χ0n) is 9.79. The number of ether oxygens (including phenoxy) is 1. The van der Waals surface area contributed by atoms with Crippen molar-refractivity contribution in [2.45, 2.75) is 26.7 Å². The molecule has 0 unspecified atom stereocenters. The van der Waals surface area contributed by atoms with Gasteiger partial charge in [-0.25, -0.2) is 4.79 Å². The van der Waals surface area contributed by atoms with Crippen molar-refractivity contribution in [1.82, 2.24) is 0 Å². The predicted octanol–water partition coefficient (Wildman–Crippen LogP) is 2.99. The third-order valence-corrected chi connectivity index (χ3v) is 3.19. The molecule has 1 rings (SSSR count). The lowest BCUT2D eigenvalue weighted by Crippen LogP contribution is -2.09. The van der Waals surface area contributed by atoms with Gasteiger partial charge < -0.3 is 14.9 Å². The number of esters is 1. The van der Waals surface area contributed by atoms with Gasteiger partial charge in [0, 0.05) is 6.07 Å². The van der Waals surface area contributed by atoms with E-state index in [9.17, 15) is 15.0 Å². The fraction of sp³-hybridized carbons (Fsp3) is 0.417. The number of aromatic hydroxyl groups is 2. The van der Waals surface area contributed by atoms with Crippen LogP contribution in [-0.2, 0) is 11.2 Å². The number of carbonyl (C=O) groups excluding carboxylic acids is 1. The molecule has 0 saturated heterocycles. The van der Waals surface area contributed by atoms with Crippen LogP contribution < -0.4 is 0 Å². The Morgan fingerprint density at radius 2 is 2.00 bits per heavy atom. The van der Waals surface area contributed by atoms with Gasteiger partial charge in [-0.3, -0.25) is 0 Å². The molecule has 0 aromatic heterocycles. The molecule has 1 aromatic carbocycles. The number of rotatable bonds is 4. The molecule has 0 aliphatic heterocycles. The molecule has 0 radical (unpaired) electrons. The summed E-state index contributed by atoms with van der Waals surface area (Å²) in [4.78, 5) is 11.7. The van der Waals surface area contributed by atoms with Gasteiger partial charge in [-0.2, -0.15) is 0 Å². The summed E-state index contributed by atoms with van der Waals surface area (Å²) >= 11 is 3.22. The van der Waals surface area contributed by atoms with E-state index in [-0.39, 0.29) is 23.7 Å². The van der Waals surface area contributed by atoms with Gasteiger partial charge in [0.25, 0.3) is 0 Å². The van der Waals surface area contributed by atoms with Gasteiger partial charge in [0.2, 0.25) is 0 Å². The van der Waals surface area contributed by atoms with Gasteiger partial charge in [0.05, 0.1) is 11.1 Å². The van der Waals surface area contributed by atoms with Crippen LogP contribution in [0.25, 0.3) is 0 Å². The summed E-state index contributed by atoms with van der Waals surface area (Å²) in [5.74, 6) is -0.916. The minimum Gasteiger partial charge on any atom is -0.507 e. The lowest BCUT2D eigenvalue weighted by atomic mass is 10.0. The molecule has 0 amide bonds. The van der Waals surface area contributed by atoms with Gasteiger partial charge >= 0.3 is 5.97 Å². The molecule has 0 bridgehead atoms. The van der Waals surface area contributed by atoms with E-state index in [1.807, 2.05) is 6.92 Å². The van der Waals surface area contributed by atoms with E-state index in [0.29, 0.717) is 16.5 Å². The zero-order chi connectivity index (χ0) is 13.0. The van der Waals surface area contributed by atoms with Crippen molar-refractivity contribution in [3.63, 3.8) is 0 Å². The largest absolute Gasteiger partial charge is 0.507 e. The van der Waals surface area contributed by atoms with Crippen molar-refractivity contribution in [2.24, 2.45) is 0 Å². The average Bonchev–Trinajstić information content (AvgIpc) is 2.26. The molecule has 4 nitrogen and oxygen atoms in total. The molecule has 17 heavy (non-hydrogen) atoms. The van der Waals surface area contributed by atoms with E-state index in [4.69, 9.17) is 4.74 Å². The maximum Gasteiger partial charge on any atom is 0.342 e. The Kier molecular flexibility index (Phi) is 4.81. The Hall–Kier alpha value is -1.23. The van der Waals surface area contributed by atoms with Crippen LogP contribution in [0.5, 0.6) is 11.5 Å². The Balaban J connectivity index is 3.35. The molecular weight excluding hydrogens is 288 g/mol. The van der Waals surface area contributed by atoms with Gasteiger partial charge in [0.1, 0.15) is 17.1 Å². The first-order chi connectivity index (χ1) is 8.02. The highest BCUT2D eigenvalue weighted by Gasteiger charge is 2.22. The molecule has 2 N–H and O–H groups in total.